The van der Waals surface area contributed by atoms with Crippen LogP contribution in [0.5, 0.6) is 0 Å². The Hall–Kier alpha value is -0.860. The molecule has 1 aromatic carbocycles. The molecule has 68 valence electrons. The molecule has 0 saturated carbocycles. The van der Waals surface area contributed by atoms with E-state index in [1.54, 1.807) is 11.3 Å². The zero-order valence-corrected chi connectivity index (χ0v) is 8.31. The summed E-state index contributed by atoms with van der Waals surface area (Å²) in [7, 11) is 0. The SMILES string of the molecule is NCCCc1ccc2sccc2c1. The molecule has 0 amide bonds. The average Bonchev–Trinajstić information content (AvgIpc) is 2.61. The highest BCUT2D eigenvalue weighted by Gasteiger charge is 1.96. The maximum atomic E-state index is 5.47. The van der Waals surface area contributed by atoms with E-state index in [0.717, 1.165) is 19.4 Å². The first kappa shape index (κ1) is 8.73. The quantitative estimate of drug-likeness (QED) is 0.793. The van der Waals surface area contributed by atoms with Gasteiger partial charge in [-0.1, -0.05) is 12.1 Å². The molecule has 0 atom stereocenters. The summed E-state index contributed by atoms with van der Waals surface area (Å²) in [6.45, 7) is 0.779. The molecule has 0 saturated heterocycles. The van der Waals surface area contributed by atoms with Crippen molar-refractivity contribution in [2.75, 3.05) is 6.54 Å². The number of hydrogen-bond donors (Lipinski definition) is 1. The Morgan fingerprint density at radius 3 is 3.00 bits per heavy atom. The molecule has 0 aliphatic carbocycles. The van der Waals surface area contributed by atoms with Crippen molar-refractivity contribution in [1.82, 2.24) is 0 Å². The molecule has 1 nitrogen and oxygen atoms in total. The van der Waals surface area contributed by atoms with Crippen LogP contribution in [0.3, 0.4) is 0 Å². The minimum atomic E-state index is 0.779. The standard InChI is InChI=1S/C11H13NS/c12-6-1-2-9-3-4-11-10(8-9)5-7-13-11/h3-5,7-8H,1-2,6,12H2. The molecule has 2 heteroatoms. The van der Waals surface area contributed by atoms with E-state index in [2.05, 4.69) is 29.6 Å². The molecular formula is C11H13NS. The van der Waals surface area contributed by atoms with Gasteiger partial charge in [0.1, 0.15) is 0 Å². The molecule has 13 heavy (non-hydrogen) atoms. The maximum Gasteiger partial charge on any atom is 0.0342 e. The van der Waals surface area contributed by atoms with Crippen molar-refractivity contribution in [3.8, 4) is 0 Å². The fraction of sp³-hybridized carbons (Fsp3) is 0.273. The van der Waals surface area contributed by atoms with E-state index in [0.29, 0.717) is 0 Å². The van der Waals surface area contributed by atoms with Crippen LogP contribution in [0.1, 0.15) is 12.0 Å². The summed E-state index contributed by atoms with van der Waals surface area (Å²) in [4.78, 5) is 0. The van der Waals surface area contributed by atoms with Gasteiger partial charge < -0.3 is 5.73 Å². The number of benzene rings is 1. The maximum absolute atomic E-state index is 5.47. The van der Waals surface area contributed by atoms with Crippen molar-refractivity contribution in [2.45, 2.75) is 12.8 Å². The van der Waals surface area contributed by atoms with Gasteiger partial charge in [0, 0.05) is 4.70 Å². The van der Waals surface area contributed by atoms with Gasteiger partial charge in [0.05, 0.1) is 0 Å². The highest BCUT2D eigenvalue weighted by Crippen LogP contribution is 2.22. The van der Waals surface area contributed by atoms with Gasteiger partial charge >= 0.3 is 0 Å². The topological polar surface area (TPSA) is 26.0 Å². The molecule has 2 rings (SSSR count). The Balaban J connectivity index is 2.26. The minimum absolute atomic E-state index is 0.779. The van der Waals surface area contributed by atoms with Gasteiger partial charge in [-0.25, -0.2) is 0 Å². The van der Waals surface area contributed by atoms with Crippen LogP contribution < -0.4 is 5.73 Å². The second-order valence-electron chi connectivity index (χ2n) is 3.19. The summed E-state index contributed by atoms with van der Waals surface area (Å²) < 4.78 is 1.37. The van der Waals surface area contributed by atoms with E-state index in [9.17, 15) is 0 Å². The molecule has 0 aliphatic heterocycles. The molecule has 0 aliphatic rings. The highest BCUT2D eigenvalue weighted by atomic mass is 32.1. The van der Waals surface area contributed by atoms with Crippen LogP contribution in [0, 0.1) is 0 Å². The Bertz CT molecular complexity index is 392. The van der Waals surface area contributed by atoms with Gasteiger partial charge in [-0.05, 0) is 47.8 Å². The van der Waals surface area contributed by atoms with Crippen molar-refractivity contribution in [2.24, 2.45) is 5.73 Å². The summed E-state index contributed by atoms with van der Waals surface area (Å²) in [5, 5.41) is 3.50. The van der Waals surface area contributed by atoms with Crippen LogP contribution in [0.25, 0.3) is 10.1 Å². The third-order valence-corrected chi connectivity index (χ3v) is 3.08. The Morgan fingerprint density at radius 2 is 2.15 bits per heavy atom. The Morgan fingerprint density at radius 1 is 1.23 bits per heavy atom. The molecule has 0 spiro atoms. The smallest absolute Gasteiger partial charge is 0.0342 e. The van der Waals surface area contributed by atoms with E-state index >= 15 is 0 Å². The van der Waals surface area contributed by atoms with E-state index in [-0.39, 0.29) is 0 Å². The van der Waals surface area contributed by atoms with E-state index in [1.165, 1.54) is 15.6 Å². The average molecular weight is 191 g/mol. The van der Waals surface area contributed by atoms with Gasteiger partial charge in [-0.2, -0.15) is 0 Å². The van der Waals surface area contributed by atoms with Gasteiger partial charge in [0.2, 0.25) is 0 Å². The number of rotatable bonds is 3. The number of thiophene rings is 1. The van der Waals surface area contributed by atoms with Crippen LogP contribution >= 0.6 is 11.3 Å². The number of nitrogens with two attached hydrogens (primary N) is 1. The Labute approximate surface area is 82.2 Å². The van der Waals surface area contributed by atoms with E-state index in [4.69, 9.17) is 5.73 Å². The lowest BCUT2D eigenvalue weighted by molar-refractivity contribution is 0.833. The summed E-state index contributed by atoms with van der Waals surface area (Å²) >= 11 is 1.80. The number of aryl methyl sites for hydroxylation is 1. The molecule has 2 aromatic rings. The predicted molar refractivity (Wildman–Crippen MR) is 59.2 cm³/mol. The van der Waals surface area contributed by atoms with Crippen LogP contribution in [0.2, 0.25) is 0 Å². The molecule has 0 bridgehead atoms. The number of hydrogen-bond acceptors (Lipinski definition) is 2. The first-order valence-electron chi connectivity index (χ1n) is 4.56. The first-order chi connectivity index (χ1) is 6.40. The summed E-state index contributed by atoms with van der Waals surface area (Å²) in [6.07, 6.45) is 2.18. The van der Waals surface area contributed by atoms with Gasteiger partial charge in [0.25, 0.3) is 0 Å². The third-order valence-electron chi connectivity index (χ3n) is 2.19. The Kier molecular flexibility index (Phi) is 2.62. The van der Waals surface area contributed by atoms with Crippen molar-refractivity contribution in [1.29, 1.82) is 0 Å². The fourth-order valence-corrected chi connectivity index (χ4v) is 2.25. The molecule has 0 radical (unpaired) electrons. The van der Waals surface area contributed by atoms with Gasteiger partial charge in [-0.3, -0.25) is 0 Å². The lowest BCUT2D eigenvalue weighted by Gasteiger charge is -1.99. The highest BCUT2D eigenvalue weighted by molar-refractivity contribution is 7.17. The number of fused-ring (bicyclic) bond motifs is 1. The third kappa shape index (κ3) is 1.90. The normalized spacial score (nSPS) is 10.8. The monoisotopic (exact) mass is 191 g/mol. The zero-order valence-electron chi connectivity index (χ0n) is 7.49. The molecule has 2 N–H and O–H groups in total. The zero-order chi connectivity index (χ0) is 9.10. The minimum Gasteiger partial charge on any atom is -0.330 e. The second-order valence-corrected chi connectivity index (χ2v) is 4.13. The van der Waals surface area contributed by atoms with Crippen LogP contribution in [-0.2, 0) is 6.42 Å². The van der Waals surface area contributed by atoms with Crippen LogP contribution in [0.4, 0.5) is 0 Å². The molecular weight excluding hydrogens is 178 g/mol. The van der Waals surface area contributed by atoms with Gasteiger partial charge in [0.15, 0.2) is 0 Å². The predicted octanol–water partition coefficient (Wildman–Crippen LogP) is 2.79. The van der Waals surface area contributed by atoms with E-state index in [1.807, 2.05) is 0 Å². The van der Waals surface area contributed by atoms with Crippen molar-refractivity contribution < 1.29 is 0 Å². The van der Waals surface area contributed by atoms with Crippen molar-refractivity contribution in [3.05, 3.63) is 35.2 Å². The molecule has 1 aromatic heterocycles. The molecule has 0 unspecified atom stereocenters. The van der Waals surface area contributed by atoms with Crippen molar-refractivity contribution in [3.63, 3.8) is 0 Å². The van der Waals surface area contributed by atoms with Crippen molar-refractivity contribution >= 4 is 21.4 Å². The van der Waals surface area contributed by atoms with E-state index < -0.39 is 0 Å². The lowest BCUT2D eigenvalue weighted by Crippen LogP contribution is -1.99. The van der Waals surface area contributed by atoms with Crippen LogP contribution in [0.15, 0.2) is 29.6 Å². The fourth-order valence-electron chi connectivity index (χ4n) is 1.48. The van der Waals surface area contributed by atoms with Gasteiger partial charge in [-0.15, -0.1) is 11.3 Å². The summed E-state index contributed by atoms with van der Waals surface area (Å²) in [5.74, 6) is 0. The largest absolute Gasteiger partial charge is 0.330 e. The second kappa shape index (κ2) is 3.90. The molecule has 0 fully saturated rings. The first-order valence-corrected chi connectivity index (χ1v) is 5.44. The molecule has 1 heterocycles. The summed E-state index contributed by atoms with van der Waals surface area (Å²) in [6, 6.07) is 8.84. The summed E-state index contributed by atoms with van der Waals surface area (Å²) in [5.41, 5.74) is 6.87. The lowest BCUT2D eigenvalue weighted by atomic mass is 10.1. The van der Waals surface area contributed by atoms with Crippen LogP contribution in [-0.4, -0.2) is 6.54 Å².